The van der Waals surface area contributed by atoms with Gasteiger partial charge in [0, 0.05) is 6.04 Å². The first-order valence-electron chi connectivity index (χ1n) is 9.47. The molecule has 0 aliphatic carbocycles. The van der Waals surface area contributed by atoms with Crippen LogP contribution in [-0.4, -0.2) is 19.1 Å². The summed E-state index contributed by atoms with van der Waals surface area (Å²) in [7, 11) is 0. The normalized spacial score (nSPS) is 12.7. The summed E-state index contributed by atoms with van der Waals surface area (Å²) in [5.74, 6) is 0. The van der Waals surface area contributed by atoms with E-state index in [0.29, 0.717) is 6.04 Å². The minimum atomic E-state index is 0.436. The first-order chi connectivity index (χ1) is 10.3. The third kappa shape index (κ3) is 17.8. The fourth-order valence-electron chi connectivity index (χ4n) is 2.84. The molecule has 0 aromatic carbocycles. The van der Waals surface area contributed by atoms with Crippen LogP contribution in [0.15, 0.2) is 0 Å². The van der Waals surface area contributed by atoms with Crippen LogP contribution in [0.4, 0.5) is 0 Å². The van der Waals surface area contributed by atoms with Gasteiger partial charge >= 0.3 is 0 Å². The van der Waals surface area contributed by atoms with E-state index in [2.05, 4.69) is 0 Å². The molecule has 0 spiro atoms. The second kappa shape index (κ2) is 17.9. The molecule has 1 unspecified atom stereocenters. The lowest BCUT2D eigenvalue weighted by molar-refractivity contribution is 0.482. The second-order valence-electron chi connectivity index (χ2n) is 6.51. The van der Waals surface area contributed by atoms with Crippen LogP contribution in [-0.2, 0) is 0 Å². The van der Waals surface area contributed by atoms with Gasteiger partial charge in [-0.15, -0.1) is 0 Å². The van der Waals surface area contributed by atoms with Crippen LogP contribution in [0.5, 0.6) is 0 Å². The van der Waals surface area contributed by atoms with Gasteiger partial charge in [0.2, 0.25) is 0 Å². The summed E-state index contributed by atoms with van der Waals surface area (Å²) in [6.07, 6.45) is 19.5. The number of nitrogens with two attached hydrogens (primary N) is 3. The van der Waals surface area contributed by atoms with Crippen LogP contribution >= 0.6 is 0 Å². The van der Waals surface area contributed by atoms with Crippen molar-refractivity contribution in [1.29, 1.82) is 0 Å². The van der Waals surface area contributed by atoms with Crippen molar-refractivity contribution in [1.82, 2.24) is 0 Å². The number of hydrogen-bond donors (Lipinski definition) is 3. The lowest BCUT2D eigenvalue weighted by Crippen LogP contribution is -2.19. The fraction of sp³-hybridized carbons (Fsp3) is 1.00. The molecule has 3 nitrogen and oxygen atoms in total. The van der Waals surface area contributed by atoms with Crippen molar-refractivity contribution in [2.45, 2.75) is 102 Å². The minimum Gasteiger partial charge on any atom is -0.330 e. The molecule has 6 N–H and O–H groups in total. The van der Waals surface area contributed by atoms with E-state index in [1.165, 1.54) is 96.3 Å². The molecule has 21 heavy (non-hydrogen) atoms. The Hall–Kier alpha value is -0.120. The van der Waals surface area contributed by atoms with E-state index < -0.39 is 0 Å². The Labute approximate surface area is 133 Å². The van der Waals surface area contributed by atoms with Crippen LogP contribution in [0.3, 0.4) is 0 Å². The molecule has 128 valence electrons. The average molecular weight is 300 g/mol. The van der Waals surface area contributed by atoms with Gasteiger partial charge in [0.05, 0.1) is 0 Å². The molecule has 0 radical (unpaired) electrons. The Morgan fingerprint density at radius 3 is 1.05 bits per heavy atom. The van der Waals surface area contributed by atoms with E-state index in [-0.39, 0.29) is 0 Å². The van der Waals surface area contributed by atoms with E-state index in [9.17, 15) is 0 Å². The van der Waals surface area contributed by atoms with E-state index >= 15 is 0 Å². The van der Waals surface area contributed by atoms with Crippen LogP contribution < -0.4 is 17.2 Å². The average Bonchev–Trinajstić information content (AvgIpc) is 2.49. The van der Waals surface area contributed by atoms with Gasteiger partial charge < -0.3 is 17.2 Å². The largest absolute Gasteiger partial charge is 0.330 e. The quantitative estimate of drug-likeness (QED) is 0.354. The zero-order chi connectivity index (χ0) is 15.6. The summed E-state index contributed by atoms with van der Waals surface area (Å²) in [5.41, 5.74) is 17.2. The maximum absolute atomic E-state index is 6.19. The smallest absolute Gasteiger partial charge is 0.00388 e. The van der Waals surface area contributed by atoms with Gasteiger partial charge in [-0.2, -0.15) is 0 Å². The third-order valence-electron chi connectivity index (χ3n) is 4.31. The highest BCUT2D eigenvalue weighted by Crippen LogP contribution is 2.13. The molecule has 0 heterocycles. The Kier molecular flexibility index (Phi) is 17.8. The predicted octanol–water partition coefficient (Wildman–Crippen LogP) is 4.08. The van der Waals surface area contributed by atoms with E-state index in [4.69, 9.17) is 17.2 Å². The Balaban J connectivity index is 3.11. The molecule has 0 bridgehead atoms. The van der Waals surface area contributed by atoms with Crippen LogP contribution in [0.1, 0.15) is 96.3 Å². The van der Waals surface area contributed by atoms with Crippen molar-refractivity contribution in [3.8, 4) is 0 Å². The summed E-state index contributed by atoms with van der Waals surface area (Å²) >= 11 is 0. The number of rotatable bonds is 17. The zero-order valence-corrected chi connectivity index (χ0v) is 14.3. The molecule has 3 heteroatoms. The van der Waals surface area contributed by atoms with Gasteiger partial charge in [0.15, 0.2) is 0 Å². The molecule has 0 aliphatic rings. The maximum Gasteiger partial charge on any atom is 0.00388 e. The standard InChI is InChI=1S/C18H41N3/c19-16-12-8-4-1-2-6-10-14-18(21)15-11-7-3-5-9-13-17-20/h18H,1-17,19-21H2. The van der Waals surface area contributed by atoms with E-state index in [1.807, 2.05) is 0 Å². The minimum absolute atomic E-state index is 0.436. The molecule has 0 aromatic heterocycles. The molecule has 0 saturated heterocycles. The lowest BCUT2D eigenvalue weighted by atomic mass is 10.0. The van der Waals surface area contributed by atoms with Gasteiger partial charge in [-0.1, -0.05) is 70.6 Å². The van der Waals surface area contributed by atoms with Crippen molar-refractivity contribution >= 4 is 0 Å². The summed E-state index contributed by atoms with van der Waals surface area (Å²) in [6, 6.07) is 0.436. The van der Waals surface area contributed by atoms with Crippen molar-refractivity contribution in [2.75, 3.05) is 13.1 Å². The maximum atomic E-state index is 6.19. The van der Waals surface area contributed by atoms with Gasteiger partial charge in [0.25, 0.3) is 0 Å². The van der Waals surface area contributed by atoms with Gasteiger partial charge in [-0.05, 0) is 38.8 Å². The van der Waals surface area contributed by atoms with E-state index in [1.54, 1.807) is 0 Å². The van der Waals surface area contributed by atoms with Crippen molar-refractivity contribution in [3.05, 3.63) is 0 Å². The Bertz CT molecular complexity index is 185. The molecule has 0 saturated carbocycles. The van der Waals surface area contributed by atoms with Gasteiger partial charge in [-0.25, -0.2) is 0 Å². The van der Waals surface area contributed by atoms with Gasteiger partial charge in [0.1, 0.15) is 0 Å². The number of hydrogen-bond acceptors (Lipinski definition) is 3. The first kappa shape index (κ1) is 20.9. The Morgan fingerprint density at radius 2 is 0.714 bits per heavy atom. The summed E-state index contributed by atoms with van der Waals surface area (Å²) < 4.78 is 0. The van der Waals surface area contributed by atoms with Crippen molar-refractivity contribution in [2.24, 2.45) is 17.2 Å². The fourth-order valence-corrected chi connectivity index (χ4v) is 2.84. The third-order valence-corrected chi connectivity index (χ3v) is 4.31. The summed E-state index contributed by atoms with van der Waals surface area (Å²) in [6.45, 7) is 1.69. The molecule has 0 aliphatic heterocycles. The second-order valence-corrected chi connectivity index (χ2v) is 6.51. The highest BCUT2D eigenvalue weighted by molar-refractivity contribution is 4.62. The molecule has 0 aromatic rings. The Morgan fingerprint density at radius 1 is 0.429 bits per heavy atom. The van der Waals surface area contributed by atoms with Crippen LogP contribution in [0.25, 0.3) is 0 Å². The molecule has 0 amide bonds. The van der Waals surface area contributed by atoms with E-state index in [0.717, 1.165) is 13.1 Å². The predicted molar refractivity (Wildman–Crippen MR) is 95.3 cm³/mol. The lowest BCUT2D eigenvalue weighted by Gasteiger charge is -2.11. The van der Waals surface area contributed by atoms with Gasteiger partial charge in [-0.3, -0.25) is 0 Å². The topological polar surface area (TPSA) is 78.1 Å². The van der Waals surface area contributed by atoms with Crippen LogP contribution in [0.2, 0.25) is 0 Å². The summed E-state index contributed by atoms with van der Waals surface area (Å²) in [5, 5.41) is 0. The first-order valence-corrected chi connectivity index (χ1v) is 9.47. The van der Waals surface area contributed by atoms with Crippen molar-refractivity contribution < 1.29 is 0 Å². The molecular formula is C18H41N3. The molecular weight excluding hydrogens is 258 g/mol. The summed E-state index contributed by atoms with van der Waals surface area (Å²) in [4.78, 5) is 0. The number of unbranched alkanes of at least 4 members (excludes halogenated alkanes) is 11. The highest BCUT2D eigenvalue weighted by atomic mass is 14.6. The zero-order valence-electron chi connectivity index (χ0n) is 14.3. The SMILES string of the molecule is NCCCCCCCCCC(N)CCCCCCCCN. The van der Waals surface area contributed by atoms with Crippen LogP contribution in [0, 0.1) is 0 Å². The molecule has 0 fully saturated rings. The molecule has 0 rings (SSSR count). The van der Waals surface area contributed by atoms with Crippen molar-refractivity contribution in [3.63, 3.8) is 0 Å². The molecule has 1 atom stereocenters. The monoisotopic (exact) mass is 299 g/mol. The highest BCUT2D eigenvalue weighted by Gasteiger charge is 2.02.